The first kappa shape index (κ1) is 21.0. The minimum atomic E-state index is -4.38. The zero-order valence-electron chi connectivity index (χ0n) is 16.6. The van der Waals surface area contributed by atoms with Gasteiger partial charge in [0.05, 0.1) is 12.2 Å². The van der Waals surface area contributed by atoms with Gasteiger partial charge in [0.1, 0.15) is 5.75 Å². The van der Waals surface area contributed by atoms with E-state index in [1.165, 1.54) is 0 Å². The van der Waals surface area contributed by atoms with Crippen molar-refractivity contribution in [2.75, 3.05) is 11.9 Å². The Bertz CT molecular complexity index is 934. The first-order valence-corrected chi connectivity index (χ1v) is 10.5. The van der Waals surface area contributed by atoms with Crippen LogP contribution in [0, 0.1) is 11.8 Å². The number of hydrogen-bond acceptors (Lipinski definition) is 2. The van der Waals surface area contributed by atoms with Gasteiger partial charge in [-0.05, 0) is 68.0 Å². The van der Waals surface area contributed by atoms with E-state index in [0.717, 1.165) is 43.4 Å². The van der Waals surface area contributed by atoms with Crippen molar-refractivity contribution in [1.82, 2.24) is 0 Å². The van der Waals surface area contributed by atoms with Crippen molar-refractivity contribution in [2.24, 2.45) is 11.8 Å². The fraction of sp³-hybridized carbons (Fsp3) is 0.435. The van der Waals surface area contributed by atoms with Gasteiger partial charge < -0.3 is 10.1 Å². The lowest BCUT2D eigenvalue weighted by molar-refractivity contribution is -0.137. The predicted octanol–water partition coefficient (Wildman–Crippen LogP) is 6.45. The number of hydrogen-bond donors (Lipinski definition) is 1. The molecular formula is C23H23ClF3NO2. The largest absolute Gasteiger partial charge is 0.492 e. The number of benzene rings is 2. The summed E-state index contributed by atoms with van der Waals surface area (Å²) in [4.78, 5) is 12.7. The lowest BCUT2D eigenvalue weighted by atomic mass is 9.65. The van der Waals surface area contributed by atoms with Gasteiger partial charge in [0.2, 0.25) is 5.91 Å². The molecule has 7 heteroatoms. The minimum Gasteiger partial charge on any atom is -0.492 e. The van der Waals surface area contributed by atoms with Gasteiger partial charge in [-0.2, -0.15) is 13.2 Å². The van der Waals surface area contributed by atoms with Crippen LogP contribution in [0.15, 0.2) is 42.5 Å². The molecule has 1 aliphatic carbocycles. The lowest BCUT2D eigenvalue weighted by Gasteiger charge is -2.38. The van der Waals surface area contributed by atoms with Crippen molar-refractivity contribution < 1.29 is 22.7 Å². The average molecular weight is 438 g/mol. The van der Waals surface area contributed by atoms with Crippen LogP contribution in [0.3, 0.4) is 0 Å². The molecule has 1 saturated carbocycles. The van der Waals surface area contributed by atoms with Gasteiger partial charge in [0.25, 0.3) is 0 Å². The molecule has 0 saturated heterocycles. The van der Waals surface area contributed by atoms with Gasteiger partial charge in [-0.15, -0.1) is 0 Å². The van der Waals surface area contributed by atoms with Crippen molar-refractivity contribution in [3.63, 3.8) is 0 Å². The van der Waals surface area contributed by atoms with E-state index in [4.69, 9.17) is 16.3 Å². The Labute approximate surface area is 178 Å². The first-order chi connectivity index (χ1) is 14.2. The monoisotopic (exact) mass is 437 g/mol. The molecule has 2 aromatic carbocycles. The maximum Gasteiger partial charge on any atom is 0.416 e. The van der Waals surface area contributed by atoms with Crippen molar-refractivity contribution in [3.05, 3.63) is 58.6 Å². The smallest absolute Gasteiger partial charge is 0.416 e. The summed E-state index contributed by atoms with van der Waals surface area (Å²) in [5.74, 6) is 0.377. The standard InChI is InChI=1S/C23H23ClF3NO2/c1-14(21(29)28-18-5-3-17(24)4-6-18)15-8-10-22(11-9-15)13-30-20-12-16(23(25,26)27)2-7-19(20)22/h2-7,12,14-15H,8-11,13H2,1H3,(H,28,29)/t14-,15-,22-/m0/s1. The Morgan fingerprint density at radius 1 is 1.17 bits per heavy atom. The molecule has 1 spiro atoms. The SMILES string of the molecule is C[C@H](C(=O)Nc1ccc(Cl)cc1)[C@H]1CC[C@]2(CC1)COc1cc(C(F)(F)F)ccc12. The molecule has 30 heavy (non-hydrogen) atoms. The summed E-state index contributed by atoms with van der Waals surface area (Å²) >= 11 is 5.88. The maximum absolute atomic E-state index is 13.0. The summed E-state index contributed by atoms with van der Waals surface area (Å²) in [6.45, 7) is 2.34. The quantitative estimate of drug-likeness (QED) is 0.598. The third-order valence-corrected chi connectivity index (χ3v) is 6.86. The van der Waals surface area contributed by atoms with Gasteiger partial charge in [0.15, 0.2) is 0 Å². The van der Waals surface area contributed by atoms with Crippen LogP contribution < -0.4 is 10.1 Å². The third kappa shape index (κ3) is 4.02. The Hall–Kier alpha value is -2.21. The number of nitrogens with one attached hydrogen (secondary N) is 1. The van der Waals surface area contributed by atoms with Crippen LogP contribution in [-0.4, -0.2) is 12.5 Å². The van der Waals surface area contributed by atoms with Gasteiger partial charge in [-0.3, -0.25) is 4.79 Å². The molecular weight excluding hydrogens is 415 g/mol. The number of anilines is 1. The Morgan fingerprint density at radius 3 is 2.47 bits per heavy atom. The van der Waals surface area contributed by atoms with E-state index in [0.29, 0.717) is 23.1 Å². The molecule has 2 aromatic rings. The van der Waals surface area contributed by atoms with E-state index < -0.39 is 11.7 Å². The zero-order valence-corrected chi connectivity index (χ0v) is 17.3. The highest BCUT2D eigenvalue weighted by molar-refractivity contribution is 6.30. The molecule has 0 bridgehead atoms. The van der Waals surface area contributed by atoms with Crippen LogP contribution in [0.4, 0.5) is 18.9 Å². The van der Waals surface area contributed by atoms with Crippen molar-refractivity contribution >= 4 is 23.2 Å². The topological polar surface area (TPSA) is 38.3 Å². The van der Waals surface area contributed by atoms with E-state index in [1.807, 2.05) is 6.92 Å². The molecule has 160 valence electrons. The van der Waals surface area contributed by atoms with Gasteiger partial charge in [0, 0.05) is 27.6 Å². The molecule has 0 aromatic heterocycles. The molecule has 1 N–H and O–H groups in total. The molecule has 0 radical (unpaired) electrons. The molecule has 1 atom stereocenters. The minimum absolute atomic E-state index is 0.0313. The van der Waals surface area contributed by atoms with E-state index in [1.54, 1.807) is 30.3 Å². The Morgan fingerprint density at radius 2 is 1.83 bits per heavy atom. The number of halogens is 4. The highest BCUT2D eigenvalue weighted by Crippen LogP contribution is 2.51. The number of rotatable bonds is 3. The normalized spacial score (nSPS) is 24.2. The predicted molar refractivity (Wildman–Crippen MR) is 110 cm³/mol. The first-order valence-electron chi connectivity index (χ1n) is 10.1. The molecule has 1 aliphatic heterocycles. The third-order valence-electron chi connectivity index (χ3n) is 6.60. The summed E-state index contributed by atoms with van der Waals surface area (Å²) in [5.41, 5.74) is 0.649. The summed E-state index contributed by atoms with van der Waals surface area (Å²) in [6, 6.07) is 10.8. The number of carbonyl (C=O) groups excluding carboxylic acids is 1. The fourth-order valence-corrected chi connectivity index (χ4v) is 4.79. The van der Waals surface area contributed by atoms with Crippen LogP contribution in [0.1, 0.15) is 43.7 Å². The van der Waals surface area contributed by atoms with Crippen molar-refractivity contribution in [2.45, 2.75) is 44.2 Å². The molecule has 0 unspecified atom stereocenters. The number of fused-ring (bicyclic) bond motifs is 2. The maximum atomic E-state index is 13.0. The summed E-state index contributed by atoms with van der Waals surface area (Å²) in [6.07, 6.45) is -1.11. The van der Waals surface area contributed by atoms with Crippen molar-refractivity contribution in [1.29, 1.82) is 0 Å². The lowest BCUT2D eigenvalue weighted by Crippen LogP contribution is -2.37. The van der Waals surface area contributed by atoms with E-state index in [9.17, 15) is 18.0 Å². The van der Waals surface area contributed by atoms with E-state index in [2.05, 4.69) is 5.32 Å². The highest BCUT2D eigenvalue weighted by atomic mass is 35.5. The highest BCUT2D eigenvalue weighted by Gasteiger charge is 2.45. The second-order valence-electron chi connectivity index (χ2n) is 8.40. The van der Waals surface area contributed by atoms with Crippen LogP contribution in [0.2, 0.25) is 5.02 Å². The van der Waals surface area contributed by atoms with Crippen LogP contribution in [0.5, 0.6) is 5.75 Å². The number of carbonyl (C=O) groups is 1. The summed E-state index contributed by atoms with van der Waals surface area (Å²) in [5, 5.41) is 3.55. The molecule has 2 aliphatic rings. The second-order valence-corrected chi connectivity index (χ2v) is 8.84. The molecule has 1 amide bonds. The Balaban J connectivity index is 1.41. The number of alkyl halides is 3. The van der Waals surface area contributed by atoms with Gasteiger partial charge in [-0.25, -0.2) is 0 Å². The van der Waals surface area contributed by atoms with Crippen LogP contribution >= 0.6 is 11.6 Å². The van der Waals surface area contributed by atoms with Gasteiger partial charge >= 0.3 is 6.18 Å². The van der Waals surface area contributed by atoms with Gasteiger partial charge in [-0.1, -0.05) is 24.6 Å². The fourth-order valence-electron chi connectivity index (χ4n) is 4.66. The number of ether oxygens (including phenoxy) is 1. The molecule has 1 heterocycles. The average Bonchev–Trinajstić information content (AvgIpc) is 3.07. The van der Waals surface area contributed by atoms with Crippen LogP contribution in [0.25, 0.3) is 0 Å². The molecule has 3 nitrogen and oxygen atoms in total. The van der Waals surface area contributed by atoms with Crippen molar-refractivity contribution in [3.8, 4) is 5.75 Å². The summed E-state index contributed by atoms with van der Waals surface area (Å²) in [7, 11) is 0. The molecule has 1 fully saturated rings. The number of amides is 1. The zero-order chi connectivity index (χ0) is 21.5. The summed E-state index contributed by atoms with van der Waals surface area (Å²) < 4.78 is 44.6. The second kappa shape index (κ2) is 7.80. The van der Waals surface area contributed by atoms with Crippen LogP contribution in [-0.2, 0) is 16.4 Å². The van der Waals surface area contributed by atoms with E-state index >= 15 is 0 Å². The Kier molecular flexibility index (Phi) is 5.47. The molecule has 4 rings (SSSR count). The van der Waals surface area contributed by atoms with E-state index in [-0.39, 0.29) is 23.2 Å².